The van der Waals surface area contributed by atoms with E-state index in [0.717, 1.165) is 19.6 Å². The average molecular weight is 342 g/mol. The molecule has 4 rings (SSSR count). The third-order valence-electron chi connectivity index (χ3n) is 5.82. The van der Waals surface area contributed by atoms with Gasteiger partial charge in [-0.25, -0.2) is 4.98 Å². The van der Waals surface area contributed by atoms with E-state index < -0.39 is 0 Å². The number of hydrogen-bond donors (Lipinski definition) is 1. The predicted octanol–water partition coefficient (Wildman–Crippen LogP) is 3.54. The molecule has 1 saturated heterocycles. The zero-order chi connectivity index (χ0) is 17.6. The van der Waals surface area contributed by atoms with Gasteiger partial charge in [-0.1, -0.05) is 20.8 Å². The van der Waals surface area contributed by atoms with Crippen molar-refractivity contribution >= 4 is 0 Å². The lowest BCUT2D eigenvalue weighted by Gasteiger charge is -2.23. The quantitative estimate of drug-likeness (QED) is 0.929. The van der Waals surface area contributed by atoms with E-state index in [1.54, 1.807) is 0 Å². The lowest BCUT2D eigenvalue weighted by molar-refractivity contribution is 0.311. The molecule has 5 heteroatoms. The molecule has 0 saturated carbocycles. The van der Waals surface area contributed by atoms with Crippen LogP contribution in [0.3, 0.4) is 0 Å². The summed E-state index contributed by atoms with van der Waals surface area (Å²) < 4.78 is 2.56. The first-order valence-corrected chi connectivity index (χ1v) is 9.75. The molecule has 2 aliphatic rings. The molecular formula is C20H31N5. The topological polar surface area (TPSA) is 49.7 Å². The maximum absolute atomic E-state index is 4.87. The number of fused-ring (bicyclic) bond motifs is 1. The molecule has 1 aliphatic heterocycles. The fraction of sp³-hybridized carbons (Fsp3) is 0.700. The molecule has 1 atom stereocenters. The van der Waals surface area contributed by atoms with E-state index in [9.17, 15) is 0 Å². The summed E-state index contributed by atoms with van der Waals surface area (Å²) in [6.45, 7) is 12.2. The third kappa shape index (κ3) is 3.14. The van der Waals surface area contributed by atoms with Gasteiger partial charge in [0.2, 0.25) is 0 Å². The highest BCUT2D eigenvalue weighted by atomic mass is 15.2. The van der Waals surface area contributed by atoms with Gasteiger partial charge in [0.15, 0.2) is 0 Å². The van der Waals surface area contributed by atoms with Gasteiger partial charge >= 0.3 is 0 Å². The standard InChI is InChI=1S/C20H31N5/c1-14-22-17-7-5-6-8-18(17)25(14)16-9-10-24(13-16)12-15-11-21-23-19(15)20(2,3)4/h11,16H,5-10,12-13H2,1-4H3,(H,21,23)/t16-/m1/s1. The van der Waals surface area contributed by atoms with Crippen molar-refractivity contribution in [1.82, 2.24) is 24.6 Å². The van der Waals surface area contributed by atoms with Crippen molar-refractivity contribution < 1.29 is 0 Å². The van der Waals surface area contributed by atoms with Gasteiger partial charge in [-0.3, -0.25) is 10.00 Å². The summed E-state index contributed by atoms with van der Waals surface area (Å²) in [6.07, 6.45) is 8.24. The summed E-state index contributed by atoms with van der Waals surface area (Å²) in [6, 6.07) is 0.583. The zero-order valence-corrected chi connectivity index (χ0v) is 16.1. The monoisotopic (exact) mass is 341 g/mol. The Morgan fingerprint density at radius 2 is 2.04 bits per heavy atom. The predicted molar refractivity (Wildman–Crippen MR) is 99.8 cm³/mol. The van der Waals surface area contributed by atoms with Crippen LogP contribution < -0.4 is 0 Å². The fourth-order valence-electron chi connectivity index (χ4n) is 4.67. The summed E-state index contributed by atoms with van der Waals surface area (Å²) >= 11 is 0. The lowest BCUT2D eigenvalue weighted by atomic mass is 9.89. The number of nitrogens with one attached hydrogen (secondary N) is 1. The Bertz CT molecular complexity index is 749. The molecule has 1 N–H and O–H groups in total. The maximum Gasteiger partial charge on any atom is 0.106 e. The molecule has 3 heterocycles. The molecule has 1 aliphatic carbocycles. The van der Waals surface area contributed by atoms with Crippen LogP contribution in [-0.2, 0) is 24.8 Å². The molecule has 0 spiro atoms. The molecule has 0 radical (unpaired) electrons. The van der Waals surface area contributed by atoms with Gasteiger partial charge in [0.1, 0.15) is 5.82 Å². The number of aromatic nitrogens is 4. The van der Waals surface area contributed by atoms with Gasteiger partial charge in [-0.05, 0) is 39.0 Å². The summed E-state index contributed by atoms with van der Waals surface area (Å²) in [5.74, 6) is 1.22. The van der Waals surface area contributed by atoms with Crippen LogP contribution in [0, 0.1) is 6.92 Å². The Labute approximate surface area is 150 Å². The molecular weight excluding hydrogens is 310 g/mol. The van der Waals surface area contributed by atoms with Crippen LogP contribution in [0.15, 0.2) is 6.20 Å². The minimum atomic E-state index is 0.116. The van der Waals surface area contributed by atoms with E-state index in [2.05, 4.69) is 47.4 Å². The van der Waals surface area contributed by atoms with Crippen molar-refractivity contribution in [3.63, 3.8) is 0 Å². The Morgan fingerprint density at radius 1 is 1.24 bits per heavy atom. The van der Waals surface area contributed by atoms with E-state index in [4.69, 9.17) is 4.98 Å². The summed E-state index contributed by atoms with van der Waals surface area (Å²) in [4.78, 5) is 7.46. The third-order valence-corrected chi connectivity index (χ3v) is 5.82. The van der Waals surface area contributed by atoms with E-state index in [1.165, 1.54) is 60.6 Å². The number of H-pyrrole nitrogens is 1. The van der Waals surface area contributed by atoms with Crippen molar-refractivity contribution in [2.45, 2.75) is 77.8 Å². The molecule has 2 aromatic rings. The first-order chi connectivity index (χ1) is 11.9. The number of nitrogens with zero attached hydrogens (tertiary/aromatic N) is 4. The second-order valence-electron chi connectivity index (χ2n) is 8.83. The molecule has 0 amide bonds. The van der Waals surface area contributed by atoms with Crippen LogP contribution in [0.25, 0.3) is 0 Å². The van der Waals surface area contributed by atoms with Crippen LogP contribution in [-0.4, -0.2) is 37.7 Å². The van der Waals surface area contributed by atoms with E-state index >= 15 is 0 Å². The van der Waals surface area contributed by atoms with Gasteiger partial charge in [-0.2, -0.15) is 5.10 Å². The molecule has 0 aromatic carbocycles. The second-order valence-corrected chi connectivity index (χ2v) is 8.83. The van der Waals surface area contributed by atoms with E-state index in [1.807, 2.05) is 6.20 Å². The minimum Gasteiger partial charge on any atom is -0.328 e. The Balaban J connectivity index is 1.50. The molecule has 5 nitrogen and oxygen atoms in total. The van der Waals surface area contributed by atoms with Crippen LogP contribution >= 0.6 is 0 Å². The fourth-order valence-corrected chi connectivity index (χ4v) is 4.67. The number of rotatable bonds is 3. The van der Waals surface area contributed by atoms with Crippen molar-refractivity contribution in [3.05, 3.63) is 34.7 Å². The molecule has 136 valence electrons. The zero-order valence-electron chi connectivity index (χ0n) is 16.1. The van der Waals surface area contributed by atoms with Gasteiger partial charge < -0.3 is 4.57 Å². The number of aryl methyl sites for hydroxylation is 2. The molecule has 1 fully saturated rings. The van der Waals surface area contributed by atoms with Crippen molar-refractivity contribution in [2.75, 3.05) is 13.1 Å². The van der Waals surface area contributed by atoms with Crippen LogP contribution in [0.1, 0.15) is 74.5 Å². The Hall–Kier alpha value is -1.62. The number of likely N-dealkylation sites (tertiary alicyclic amines) is 1. The molecule has 2 aromatic heterocycles. The second kappa shape index (κ2) is 6.27. The number of hydrogen-bond acceptors (Lipinski definition) is 3. The van der Waals surface area contributed by atoms with Crippen LogP contribution in [0.5, 0.6) is 0 Å². The number of imidazole rings is 1. The van der Waals surface area contributed by atoms with E-state index in [-0.39, 0.29) is 5.41 Å². The first-order valence-electron chi connectivity index (χ1n) is 9.75. The largest absolute Gasteiger partial charge is 0.328 e. The molecule has 0 unspecified atom stereocenters. The van der Waals surface area contributed by atoms with E-state index in [0.29, 0.717) is 6.04 Å². The van der Waals surface area contributed by atoms with Crippen molar-refractivity contribution in [2.24, 2.45) is 0 Å². The van der Waals surface area contributed by atoms with Gasteiger partial charge in [-0.15, -0.1) is 0 Å². The first kappa shape index (κ1) is 16.8. The average Bonchev–Trinajstić information content (AvgIpc) is 3.24. The van der Waals surface area contributed by atoms with Crippen LogP contribution in [0.4, 0.5) is 0 Å². The lowest BCUT2D eigenvalue weighted by Crippen LogP contribution is -2.24. The van der Waals surface area contributed by atoms with Crippen LogP contribution in [0.2, 0.25) is 0 Å². The van der Waals surface area contributed by atoms with Crippen molar-refractivity contribution in [3.8, 4) is 0 Å². The smallest absolute Gasteiger partial charge is 0.106 e. The summed E-state index contributed by atoms with van der Waals surface area (Å²) in [7, 11) is 0. The molecule has 25 heavy (non-hydrogen) atoms. The number of aromatic amines is 1. The minimum absolute atomic E-state index is 0.116. The highest BCUT2D eigenvalue weighted by Crippen LogP contribution is 2.32. The van der Waals surface area contributed by atoms with Gasteiger partial charge in [0.25, 0.3) is 0 Å². The summed E-state index contributed by atoms with van der Waals surface area (Å²) in [5, 5.41) is 7.52. The van der Waals surface area contributed by atoms with Gasteiger partial charge in [0, 0.05) is 48.0 Å². The van der Waals surface area contributed by atoms with Crippen molar-refractivity contribution in [1.29, 1.82) is 0 Å². The Morgan fingerprint density at radius 3 is 2.84 bits per heavy atom. The summed E-state index contributed by atoms with van der Waals surface area (Å²) in [5.41, 5.74) is 5.62. The highest BCUT2D eigenvalue weighted by molar-refractivity contribution is 5.24. The normalized spacial score (nSPS) is 21.7. The van der Waals surface area contributed by atoms with Gasteiger partial charge in [0.05, 0.1) is 11.9 Å². The SMILES string of the molecule is Cc1nc2c(n1[C@@H]1CCN(Cc3cn[nH]c3C(C)(C)C)C1)CCCC2. The molecule has 0 bridgehead atoms. The maximum atomic E-state index is 4.87. The Kier molecular flexibility index (Phi) is 4.22. The highest BCUT2D eigenvalue weighted by Gasteiger charge is 2.30.